The number of nitro benzene ring substituents is 1. The van der Waals surface area contributed by atoms with Gasteiger partial charge in [0.15, 0.2) is 11.5 Å². The van der Waals surface area contributed by atoms with E-state index in [1.54, 1.807) is 24.3 Å². The molecule has 1 heterocycles. The van der Waals surface area contributed by atoms with E-state index in [-0.39, 0.29) is 35.9 Å². The van der Waals surface area contributed by atoms with E-state index in [0.29, 0.717) is 28.1 Å². The van der Waals surface area contributed by atoms with Crippen molar-refractivity contribution >= 4 is 39.6 Å². The molecule has 0 spiro atoms. The van der Waals surface area contributed by atoms with Gasteiger partial charge in [-0.15, -0.1) is 0 Å². The van der Waals surface area contributed by atoms with Crippen molar-refractivity contribution in [3.63, 3.8) is 0 Å². The molecule has 1 aliphatic heterocycles. The monoisotopic (exact) mass is 651 g/mol. The Morgan fingerprint density at radius 3 is 1.91 bits per heavy atom. The van der Waals surface area contributed by atoms with Crippen LogP contribution in [0.2, 0.25) is 0 Å². The molecule has 4 aromatic carbocycles. The summed E-state index contributed by atoms with van der Waals surface area (Å²) in [5.41, 5.74) is 5.80. The number of hydrogen-bond donors (Lipinski definition) is 0. The lowest BCUT2D eigenvalue weighted by atomic mass is 9.55. The van der Waals surface area contributed by atoms with Gasteiger partial charge < -0.3 is 9.47 Å². The molecule has 10 heteroatoms. The van der Waals surface area contributed by atoms with E-state index in [9.17, 15) is 19.7 Å². The van der Waals surface area contributed by atoms with Gasteiger partial charge in [-0.2, -0.15) is 10.1 Å². The summed E-state index contributed by atoms with van der Waals surface area (Å²) in [7, 11) is 0. The number of imide groups is 1. The highest BCUT2D eigenvalue weighted by Gasteiger charge is 2.61. The second-order valence-corrected chi connectivity index (χ2v) is 11.8. The Labute approximate surface area is 261 Å². The third kappa shape index (κ3) is 4.48. The van der Waals surface area contributed by atoms with Gasteiger partial charge in [-0.05, 0) is 80.5 Å². The van der Waals surface area contributed by atoms with Gasteiger partial charge in [-0.25, -0.2) is 0 Å². The third-order valence-corrected chi connectivity index (χ3v) is 9.20. The highest BCUT2D eigenvalue weighted by atomic mass is 79.9. The summed E-state index contributed by atoms with van der Waals surface area (Å²) < 4.78 is 12.5. The fourth-order valence-electron chi connectivity index (χ4n) is 6.83. The molecule has 1 fully saturated rings. The molecular formula is C34H26BrN3O6. The molecule has 2 amide bonds. The van der Waals surface area contributed by atoms with Gasteiger partial charge in [0.25, 0.3) is 17.5 Å². The van der Waals surface area contributed by atoms with Gasteiger partial charge in [0.1, 0.15) is 6.61 Å². The number of nitrogens with zero attached hydrogens (tertiary/aromatic N) is 3. The summed E-state index contributed by atoms with van der Waals surface area (Å²) in [6.45, 7) is 2.39. The molecule has 0 radical (unpaired) electrons. The number of carbonyl (C=O) groups excluding carboxylic acids is 2. The first-order valence-corrected chi connectivity index (χ1v) is 15.1. The lowest BCUT2D eigenvalue weighted by Gasteiger charge is -2.45. The minimum Gasteiger partial charge on any atom is -0.490 e. The molecule has 3 aliphatic carbocycles. The lowest BCUT2D eigenvalue weighted by molar-refractivity contribution is -0.384. The summed E-state index contributed by atoms with van der Waals surface area (Å²) in [6, 6.07) is 25.9. The van der Waals surface area contributed by atoms with Crippen LogP contribution in [0.4, 0.5) is 5.69 Å². The molecule has 0 N–H and O–H groups in total. The lowest BCUT2D eigenvalue weighted by Crippen LogP contribution is -2.41. The fourth-order valence-corrected chi connectivity index (χ4v) is 7.41. The van der Waals surface area contributed by atoms with Crippen LogP contribution in [0.1, 0.15) is 52.1 Å². The van der Waals surface area contributed by atoms with Gasteiger partial charge in [0.2, 0.25) is 0 Å². The molecule has 220 valence electrons. The van der Waals surface area contributed by atoms with Crippen molar-refractivity contribution in [3.05, 3.63) is 133 Å². The summed E-state index contributed by atoms with van der Waals surface area (Å²) in [4.78, 5) is 38.2. The van der Waals surface area contributed by atoms with Crippen LogP contribution in [0, 0.1) is 22.0 Å². The number of carbonyl (C=O) groups is 2. The topological polar surface area (TPSA) is 111 Å². The number of hydrazone groups is 1. The smallest absolute Gasteiger partial charge is 0.269 e. The number of hydrogen-bond acceptors (Lipinski definition) is 7. The average Bonchev–Trinajstić information content (AvgIpc) is 3.29. The average molecular weight is 653 g/mol. The summed E-state index contributed by atoms with van der Waals surface area (Å²) in [5, 5.41) is 16.4. The van der Waals surface area contributed by atoms with Crippen LogP contribution in [0.25, 0.3) is 0 Å². The maximum atomic E-state index is 13.8. The van der Waals surface area contributed by atoms with Crippen molar-refractivity contribution in [3.8, 4) is 11.5 Å². The summed E-state index contributed by atoms with van der Waals surface area (Å²) in [5.74, 6) is -1.08. The molecule has 0 saturated carbocycles. The molecule has 44 heavy (non-hydrogen) atoms. The normalized spacial score (nSPS) is 21.3. The van der Waals surface area contributed by atoms with E-state index in [0.717, 1.165) is 32.8 Å². The number of halogens is 1. The molecule has 9 nitrogen and oxygen atoms in total. The van der Waals surface area contributed by atoms with Crippen LogP contribution in [-0.4, -0.2) is 34.6 Å². The highest BCUT2D eigenvalue weighted by Crippen LogP contribution is 2.61. The van der Waals surface area contributed by atoms with Crippen molar-refractivity contribution in [2.45, 2.75) is 25.4 Å². The molecule has 2 atom stereocenters. The zero-order chi connectivity index (χ0) is 30.5. The second kappa shape index (κ2) is 11.0. The number of benzene rings is 4. The molecule has 2 bridgehead atoms. The standard InChI is InChI=1S/C34H26BrN3O6/c1-2-43-27-16-20(15-26(35)32(27)44-18-19-11-13-21(14-12-19)38(41)42)17-36-37-33(39)30-28-22-7-3-4-8-23(22)29(31(30)34(37)40)25-10-6-5-9-24(25)28/h3-17,28-31H,2,18H2,1H3/b36-17-/t28?,29?,30-,31-/m1/s1. The van der Waals surface area contributed by atoms with Crippen molar-refractivity contribution in [2.75, 3.05) is 6.61 Å². The summed E-state index contributed by atoms with van der Waals surface area (Å²) >= 11 is 3.55. The van der Waals surface area contributed by atoms with Gasteiger partial charge in [-0.1, -0.05) is 48.5 Å². The maximum absolute atomic E-state index is 13.8. The number of rotatable bonds is 8. The highest BCUT2D eigenvalue weighted by molar-refractivity contribution is 9.10. The van der Waals surface area contributed by atoms with E-state index < -0.39 is 16.8 Å². The SMILES string of the molecule is CCOc1cc(/C=N\N2C(=O)[C@@H]3C4c5ccccc5C(c5ccccc54)[C@H]3C2=O)cc(Br)c1OCc1ccc([N+](=O)[O-])cc1. The van der Waals surface area contributed by atoms with Crippen molar-refractivity contribution < 1.29 is 24.0 Å². The fraction of sp³-hybridized carbons (Fsp3) is 0.206. The number of nitro groups is 1. The zero-order valence-electron chi connectivity index (χ0n) is 23.6. The van der Waals surface area contributed by atoms with Crippen LogP contribution < -0.4 is 9.47 Å². The van der Waals surface area contributed by atoms with Crippen LogP contribution in [-0.2, 0) is 16.2 Å². The third-order valence-electron chi connectivity index (χ3n) is 8.61. The van der Waals surface area contributed by atoms with Gasteiger partial charge in [0.05, 0.1) is 34.1 Å². The zero-order valence-corrected chi connectivity index (χ0v) is 25.1. The number of ether oxygens (including phenoxy) is 2. The predicted molar refractivity (Wildman–Crippen MR) is 166 cm³/mol. The Bertz CT molecular complexity index is 1740. The Balaban J connectivity index is 1.15. The minimum atomic E-state index is -0.504. The second-order valence-electron chi connectivity index (χ2n) is 11.0. The minimum absolute atomic E-state index is 0.00419. The van der Waals surface area contributed by atoms with E-state index in [4.69, 9.17) is 9.47 Å². The van der Waals surface area contributed by atoms with E-state index in [2.05, 4.69) is 45.3 Å². The van der Waals surface area contributed by atoms with E-state index >= 15 is 0 Å². The first-order chi connectivity index (χ1) is 21.4. The quantitative estimate of drug-likeness (QED) is 0.0923. The van der Waals surface area contributed by atoms with Crippen LogP contribution >= 0.6 is 15.9 Å². The molecule has 0 unspecified atom stereocenters. The van der Waals surface area contributed by atoms with Crippen molar-refractivity contribution in [2.24, 2.45) is 16.9 Å². The number of amides is 2. The largest absolute Gasteiger partial charge is 0.490 e. The molecule has 4 aliphatic rings. The number of non-ortho nitro benzene ring substituents is 1. The predicted octanol–water partition coefficient (Wildman–Crippen LogP) is 6.56. The van der Waals surface area contributed by atoms with E-state index in [1.165, 1.54) is 18.3 Å². The van der Waals surface area contributed by atoms with Crippen LogP contribution in [0.5, 0.6) is 11.5 Å². The van der Waals surface area contributed by atoms with Crippen LogP contribution in [0.3, 0.4) is 0 Å². The van der Waals surface area contributed by atoms with Gasteiger partial charge >= 0.3 is 0 Å². The van der Waals surface area contributed by atoms with Gasteiger partial charge in [0, 0.05) is 24.0 Å². The van der Waals surface area contributed by atoms with Crippen molar-refractivity contribution in [1.29, 1.82) is 0 Å². The van der Waals surface area contributed by atoms with Gasteiger partial charge in [-0.3, -0.25) is 19.7 Å². The molecule has 0 aromatic heterocycles. The molecule has 8 rings (SSSR count). The van der Waals surface area contributed by atoms with Crippen LogP contribution in [0.15, 0.2) is 94.5 Å². The molecular weight excluding hydrogens is 626 g/mol. The molecule has 1 saturated heterocycles. The Morgan fingerprint density at radius 2 is 1.41 bits per heavy atom. The first kappa shape index (κ1) is 28.0. The molecule has 4 aromatic rings. The first-order valence-electron chi connectivity index (χ1n) is 14.3. The Morgan fingerprint density at radius 1 is 0.864 bits per heavy atom. The summed E-state index contributed by atoms with van der Waals surface area (Å²) in [6.07, 6.45) is 1.49. The van der Waals surface area contributed by atoms with Crippen molar-refractivity contribution in [1.82, 2.24) is 5.01 Å². The maximum Gasteiger partial charge on any atom is 0.269 e. The van der Waals surface area contributed by atoms with E-state index in [1.807, 2.05) is 31.2 Å². The Hall–Kier alpha value is -4.83. The Kier molecular flexibility index (Phi) is 7.01.